The van der Waals surface area contributed by atoms with Gasteiger partial charge in [-0.05, 0) is 86.0 Å². The molecule has 0 bridgehead atoms. The number of hydrogen-bond donors (Lipinski definition) is 4. The smallest absolute Gasteiger partial charge is 0.493 e. The third-order valence-electron chi connectivity index (χ3n) is 11.2. The van der Waals surface area contributed by atoms with Gasteiger partial charge in [-0.1, -0.05) is 6.42 Å². The normalized spacial score (nSPS) is 26.5. The number of ether oxygens (including phenoxy) is 8. The van der Waals surface area contributed by atoms with E-state index in [0.29, 0.717) is 17.1 Å². The Morgan fingerprint density at radius 1 is 0.898 bits per heavy atom. The Kier molecular flexibility index (Phi) is 14.5. The molecular formula is C41H47N2O15Rb. The van der Waals surface area contributed by atoms with Crippen LogP contribution in [0.5, 0.6) is 34.5 Å². The molecule has 7 rings (SSSR count). The number of benzene rings is 3. The quantitative estimate of drug-likeness (QED) is 0.100. The van der Waals surface area contributed by atoms with E-state index in [-0.39, 0.29) is 118 Å². The second kappa shape index (κ2) is 19.0. The number of aliphatic carboxylic acids is 1. The molecule has 2 fully saturated rings. The number of amides is 1. The maximum absolute atomic E-state index is 13.8. The van der Waals surface area contributed by atoms with Crippen molar-refractivity contribution in [2.75, 3.05) is 60.2 Å². The van der Waals surface area contributed by atoms with E-state index in [2.05, 4.69) is 11.0 Å². The van der Waals surface area contributed by atoms with Crippen LogP contribution in [-0.4, -0.2) is 129 Å². The van der Waals surface area contributed by atoms with Gasteiger partial charge in [0.2, 0.25) is 18.8 Å². The van der Waals surface area contributed by atoms with Crippen LogP contribution in [0, 0.1) is 17.9 Å². The molecule has 0 saturated carbocycles. The van der Waals surface area contributed by atoms with Gasteiger partial charge in [0.05, 0.1) is 26.7 Å². The molecule has 0 radical (unpaired) electrons. The summed E-state index contributed by atoms with van der Waals surface area (Å²) < 4.78 is 45.9. The SMILES string of the molecule is COc1cc([C@@H]2c3cc4c(cc3C(CCCCN(C)C)[C@H]3COC(=O)[C@H]23)OCO4)cc(OC)c1OC(=O)N(C)c1c[c-]ccc1O[C@@H]1OC(C(=O)O)[C@H](O)C(O)[C@H]1O.[Rb+]. The summed E-state index contributed by atoms with van der Waals surface area (Å²) in [6.45, 7) is 1.31. The van der Waals surface area contributed by atoms with Crippen LogP contribution in [0.3, 0.4) is 0 Å². The molecule has 4 aliphatic rings. The van der Waals surface area contributed by atoms with Crippen LogP contribution < -0.4 is 91.5 Å². The minimum atomic E-state index is -1.92. The van der Waals surface area contributed by atoms with Crippen LogP contribution in [0.4, 0.5) is 10.5 Å². The number of carboxylic acid groups (broad SMARTS) is 1. The van der Waals surface area contributed by atoms with Gasteiger partial charge in [-0.2, -0.15) is 18.2 Å². The van der Waals surface area contributed by atoms with Crippen LogP contribution in [0.15, 0.2) is 42.5 Å². The first kappa shape index (κ1) is 45.0. The van der Waals surface area contributed by atoms with E-state index in [1.165, 1.54) is 39.5 Å². The molecule has 3 aliphatic heterocycles. The number of carbonyl (C=O) groups is 3. The summed E-state index contributed by atoms with van der Waals surface area (Å²) in [4.78, 5) is 42.4. The molecule has 18 heteroatoms. The molecule has 312 valence electrons. The number of methoxy groups -OCH3 is 2. The summed E-state index contributed by atoms with van der Waals surface area (Å²) >= 11 is 0. The molecule has 3 unspecified atom stereocenters. The van der Waals surface area contributed by atoms with Crippen LogP contribution in [0.2, 0.25) is 0 Å². The van der Waals surface area contributed by atoms with E-state index in [1.807, 2.05) is 26.2 Å². The molecule has 3 aromatic carbocycles. The van der Waals surface area contributed by atoms with Gasteiger partial charge in [-0.15, -0.1) is 6.07 Å². The van der Waals surface area contributed by atoms with Crippen LogP contribution in [-0.2, 0) is 19.1 Å². The van der Waals surface area contributed by atoms with Crippen molar-refractivity contribution in [2.45, 2.75) is 61.8 Å². The second-order valence-electron chi connectivity index (χ2n) is 15.0. The number of aliphatic hydroxyl groups excluding tert-OH is 3. The Morgan fingerprint density at radius 3 is 2.22 bits per heavy atom. The van der Waals surface area contributed by atoms with Crippen molar-refractivity contribution >= 4 is 23.7 Å². The van der Waals surface area contributed by atoms with Crippen molar-refractivity contribution in [3.05, 3.63) is 65.2 Å². The summed E-state index contributed by atoms with van der Waals surface area (Å²) in [6.07, 6.45) is -7.43. The Labute approximate surface area is 389 Å². The number of carboxylic acids is 1. The summed E-state index contributed by atoms with van der Waals surface area (Å²) in [5.41, 5.74) is 2.67. The predicted octanol–water partition coefficient (Wildman–Crippen LogP) is -0.107. The van der Waals surface area contributed by atoms with Crippen LogP contribution in [0.1, 0.15) is 47.8 Å². The largest absolute Gasteiger partial charge is 1.00 e. The fourth-order valence-corrected chi connectivity index (χ4v) is 8.32. The number of esters is 1. The van der Waals surface area contributed by atoms with E-state index >= 15 is 0 Å². The number of rotatable bonds is 13. The Bertz CT molecular complexity index is 2010. The van der Waals surface area contributed by atoms with E-state index in [4.69, 9.17) is 37.9 Å². The van der Waals surface area contributed by atoms with Gasteiger partial charge in [0.1, 0.15) is 18.3 Å². The second-order valence-corrected chi connectivity index (χ2v) is 15.0. The fraction of sp³-hybridized carbons (Fsp3) is 0.488. The first-order chi connectivity index (χ1) is 27.8. The average Bonchev–Trinajstić information content (AvgIpc) is 3.84. The number of nitrogens with zero attached hydrogens (tertiary/aromatic N) is 2. The van der Waals surface area contributed by atoms with E-state index < -0.39 is 54.6 Å². The Balaban J connectivity index is 0.00000585. The van der Waals surface area contributed by atoms with Gasteiger partial charge in [0.25, 0.3) is 0 Å². The monoisotopic (exact) mass is 892 g/mol. The molecule has 0 spiro atoms. The number of hydrogen-bond acceptors (Lipinski definition) is 15. The van der Waals surface area contributed by atoms with Gasteiger partial charge in [0, 0.05) is 24.6 Å². The van der Waals surface area contributed by atoms with Crippen molar-refractivity contribution in [3.8, 4) is 34.5 Å². The van der Waals surface area contributed by atoms with Gasteiger partial charge >= 0.3 is 76.2 Å². The van der Waals surface area contributed by atoms with Crippen molar-refractivity contribution in [2.24, 2.45) is 11.8 Å². The summed E-state index contributed by atoms with van der Waals surface area (Å²) in [7, 11) is 8.28. The minimum absolute atomic E-state index is 0. The van der Waals surface area contributed by atoms with E-state index in [1.54, 1.807) is 12.1 Å². The maximum Gasteiger partial charge on any atom is 1.00 e. The zero-order chi connectivity index (χ0) is 41.4. The molecular weight excluding hydrogens is 846 g/mol. The number of unbranched alkanes of at least 4 members (excludes halogenated alkanes) is 1. The first-order valence-corrected chi connectivity index (χ1v) is 18.9. The zero-order valence-corrected chi connectivity index (χ0v) is 38.6. The van der Waals surface area contributed by atoms with Crippen LogP contribution >= 0.6 is 0 Å². The first-order valence-electron chi connectivity index (χ1n) is 18.9. The Hall–Kier alpha value is -3.52. The third kappa shape index (κ3) is 8.95. The molecule has 1 amide bonds. The Morgan fingerprint density at radius 2 is 1.58 bits per heavy atom. The summed E-state index contributed by atoms with van der Waals surface area (Å²) in [5.74, 6) is -1.65. The van der Waals surface area contributed by atoms with Gasteiger partial charge in [0.15, 0.2) is 29.1 Å². The molecule has 0 aromatic heterocycles. The molecule has 9 atom stereocenters. The molecule has 3 heterocycles. The molecule has 4 N–H and O–H groups in total. The predicted molar refractivity (Wildman–Crippen MR) is 202 cm³/mol. The number of aliphatic hydroxyl groups is 3. The molecule has 3 aromatic rings. The van der Waals surface area contributed by atoms with Gasteiger partial charge in [-0.3, -0.25) is 4.79 Å². The molecule has 17 nitrogen and oxygen atoms in total. The topological polar surface area (TPSA) is 212 Å². The fourth-order valence-electron chi connectivity index (χ4n) is 8.32. The van der Waals surface area contributed by atoms with Crippen molar-refractivity contribution in [1.82, 2.24) is 4.90 Å². The minimum Gasteiger partial charge on any atom is -0.493 e. The van der Waals surface area contributed by atoms with Gasteiger partial charge < -0.3 is 68.1 Å². The zero-order valence-electron chi connectivity index (χ0n) is 33.7. The van der Waals surface area contributed by atoms with E-state index in [0.717, 1.165) is 41.8 Å². The molecule has 1 aliphatic carbocycles. The molecule has 59 heavy (non-hydrogen) atoms. The standard InChI is InChI=1S/C41H47N2O15.Rb/c1-42(2)13-9-8-10-21-22-16-27-28(55-19-54-27)17-23(22)31(32-24(21)18-53-39(32)49)20-14-29(51-4)36(30(15-20)52-5)58-41(50)43(3)25-11-6-7-12-26(25)56-40-35(46)33(44)34(45)37(57-40)38(47)48;/h7,11-12,14-17,21,24,31-35,37,40,44-46H,8-10,13,18-19H2,1-5H3,(H,47,48);/q-1;+1/t21?,24-,31-,32+,33?,34-,35-,37?,40-;/m1./s1. The summed E-state index contributed by atoms with van der Waals surface area (Å²) in [6, 6.07) is 14.4. The van der Waals surface area contributed by atoms with Crippen molar-refractivity contribution < 1.29 is 131 Å². The number of carbonyl (C=O) groups excluding carboxylic acids is 2. The van der Waals surface area contributed by atoms with Crippen LogP contribution in [0.25, 0.3) is 0 Å². The van der Waals surface area contributed by atoms with E-state index in [9.17, 15) is 34.8 Å². The van der Waals surface area contributed by atoms with Crippen molar-refractivity contribution in [1.29, 1.82) is 0 Å². The third-order valence-corrected chi connectivity index (χ3v) is 11.2. The van der Waals surface area contributed by atoms with Crippen molar-refractivity contribution in [3.63, 3.8) is 0 Å². The number of cyclic esters (lactones) is 1. The number of anilines is 1. The average molecular weight is 893 g/mol. The summed E-state index contributed by atoms with van der Waals surface area (Å²) in [5, 5.41) is 40.4. The van der Waals surface area contributed by atoms with Gasteiger partial charge in [-0.25, -0.2) is 9.59 Å². The number of fused-ring (bicyclic) bond motifs is 3. The maximum atomic E-state index is 13.8. The molecule has 2 saturated heterocycles.